The zero-order chi connectivity index (χ0) is 42.3. The highest BCUT2D eigenvalue weighted by atomic mass is 15.0. The average molecular weight is 807 g/mol. The first kappa shape index (κ1) is 37.6. The zero-order valence-corrected chi connectivity index (χ0v) is 34.9. The van der Waals surface area contributed by atoms with E-state index in [-0.39, 0.29) is 0 Å². The van der Waals surface area contributed by atoms with Crippen molar-refractivity contribution in [1.82, 2.24) is 19.1 Å². The van der Waals surface area contributed by atoms with Crippen LogP contribution in [-0.2, 0) is 0 Å². The Kier molecular flexibility index (Phi) is 9.52. The lowest BCUT2D eigenvalue weighted by molar-refractivity contribution is 1.15. The lowest BCUT2D eigenvalue weighted by atomic mass is 10.0. The maximum absolute atomic E-state index is 5.07. The van der Waals surface area contributed by atoms with Crippen LogP contribution in [0.2, 0.25) is 0 Å². The molecule has 3 heterocycles. The summed E-state index contributed by atoms with van der Waals surface area (Å²) in [4.78, 5) is 10.0. The topological polar surface area (TPSA) is 35.6 Å². The van der Waals surface area contributed by atoms with Gasteiger partial charge in [-0.3, -0.25) is 0 Å². The van der Waals surface area contributed by atoms with Gasteiger partial charge in [0, 0.05) is 44.0 Å². The average Bonchev–Trinajstić information content (AvgIpc) is 3.87. The van der Waals surface area contributed by atoms with Crippen molar-refractivity contribution in [1.29, 1.82) is 0 Å². The second-order valence-corrected chi connectivity index (χ2v) is 15.9. The van der Waals surface area contributed by atoms with Crippen LogP contribution in [0.25, 0.3) is 105 Å². The fourth-order valence-electron chi connectivity index (χ4n) is 8.95. The fourth-order valence-corrected chi connectivity index (χ4v) is 8.95. The van der Waals surface area contributed by atoms with E-state index in [0.717, 1.165) is 50.5 Å². The number of benzene rings is 8. The molecule has 11 rings (SSSR count). The minimum absolute atomic E-state index is 0.698. The number of aromatic nitrogens is 4. The van der Waals surface area contributed by atoms with Gasteiger partial charge < -0.3 is 9.13 Å². The second-order valence-electron chi connectivity index (χ2n) is 15.9. The van der Waals surface area contributed by atoms with E-state index in [1.165, 1.54) is 54.8 Å². The molecular weight excluding hydrogens is 765 g/mol. The van der Waals surface area contributed by atoms with Crippen molar-refractivity contribution >= 4 is 49.2 Å². The quantitative estimate of drug-likeness (QED) is 0.136. The normalized spacial score (nSPS) is 12.0. The molecule has 0 fully saturated rings. The molecule has 0 saturated carbocycles. The van der Waals surface area contributed by atoms with Gasteiger partial charge in [-0.1, -0.05) is 170 Å². The summed E-state index contributed by atoms with van der Waals surface area (Å²) in [7, 11) is 0. The summed E-state index contributed by atoms with van der Waals surface area (Å²) in [6.07, 6.45) is 7.74. The Hall–Kier alpha value is -8.34. The van der Waals surface area contributed by atoms with Gasteiger partial charge in [-0.05, 0) is 95.4 Å². The van der Waals surface area contributed by atoms with Crippen LogP contribution in [-0.4, -0.2) is 19.1 Å². The molecule has 0 aliphatic rings. The molecular formula is C59H42N4. The molecule has 298 valence electrons. The number of rotatable bonds is 9. The maximum atomic E-state index is 5.07. The Morgan fingerprint density at radius 1 is 0.413 bits per heavy atom. The van der Waals surface area contributed by atoms with Crippen molar-refractivity contribution in [2.75, 3.05) is 0 Å². The molecule has 4 heteroatoms. The van der Waals surface area contributed by atoms with Gasteiger partial charge in [0.05, 0.1) is 33.5 Å². The highest BCUT2D eigenvalue weighted by Crippen LogP contribution is 2.39. The second kappa shape index (κ2) is 15.9. The molecule has 0 aliphatic carbocycles. The van der Waals surface area contributed by atoms with Gasteiger partial charge in [0.1, 0.15) is 0 Å². The molecule has 0 saturated heterocycles. The van der Waals surface area contributed by atoms with Crippen molar-refractivity contribution in [2.24, 2.45) is 0 Å². The third kappa shape index (κ3) is 6.84. The third-order valence-corrected chi connectivity index (χ3v) is 12.1. The predicted octanol–water partition coefficient (Wildman–Crippen LogP) is 15.5. The molecule has 0 atom stereocenters. The van der Waals surface area contributed by atoms with Crippen LogP contribution in [0.5, 0.6) is 0 Å². The minimum Gasteiger partial charge on any atom is -0.309 e. The molecule has 3 aromatic heterocycles. The molecule has 0 N–H and O–H groups in total. The van der Waals surface area contributed by atoms with Crippen LogP contribution in [0.15, 0.2) is 231 Å². The molecule has 4 nitrogen and oxygen atoms in total. The van der Waals surface area contributed by atoms with Crippen LogP contribution >= 0.6 is 0 Å². The largest absolute Gasteiger partial charge is 0.309 e. The van der Waals surface area contributed by atoms with E-state index in [1.807, 2.05) is 30.4 Å². The molecule has 63 heavy (non-hydrogen) atoms. The summed E-state index contributed by atoms with van der Waals surface area (Å²) in [5, 5.41) is 4.92. The Balaban J connectivity index is 0.987. The Labute approximate surface area is 366 Å². The Bertz CT molecular complexity index is 3550. The number of hydrogen-bond acceptors (Lipinski definition) is 2. The van der Waals surface area contributed by atoms with Gasteiger partial charge in [-0.2, -0.15) is 0 Å². The van der Waals surface area contributed by atoms with Crippen LogP contribution in [0.1, 0.15) is 12.6 Å². The van der Waals surface area contributed by atoms with Gasteiger partial charge in [0.2, 0.25) is 0 Å². The van der Waals surface area contributed by atoms with Gasteiger partial charge in [0.25, 0.3) is 0 Å². The molecule has 0 aliphatic heterocycles. The monoisotopic (exact) mass is 806 g/mol. The molecule has 0 bridgehead atoms. The van der Waals surface area contributed by atoms with E-state index in [0.29, 0.717) is 5.82 Å². The van der Waals surface area contributed by atoms with Crippen molar-refractivity contribution in [3.8, 4) is 56.3 Å². The lowest BCUT2D eigenvalue weighted by Crippen LogP contribution is -1.98. The fraction of sp³-hybridized carbons (Fsp3) is 0.0169. The maximum Gasteiger partial charge on any atom is 0.160 e. The van der Waals surface area contributed by atoms with E-state index in [4.69, 9.17) is 9.97 Å². The highest BCUT2D eigenvalue weighted by molar-refractivity contribution is 6.12. The molecule has 11 aromatic rings. The first-order valence-electron chi connectivity index (χ1n) is 21.4. The first-order valence-corrected chi connectivity index (χ1v) is 21.4. The summed E-state index contributed by atoms with van der Waals surface area (Å²) in [5.41, 5.74) is 16.5. The van der Waals surface area contributed by atoms with Crippen molar-refractivity contribution < 1.29 is 0 Å². The zero-order valence-electron chi connectivity index (χ0n) is 34.9. The van der Waals surface area contributed by atoms with Crippen LogP contribution in [0.4, 0.5) is 0 Å². The number of hydrogen-bond donors (Lipinski definition) is 0. The molecule has 0 amide bonds. The van der Waals surface area contributed by atoms with Gasteiger partial charge >= 0.3 is 0 Å². The predicted molar refractivity (Wildman–Crippen MR) is 265 cm³/mol. The standard InChI is InChI=1S/C59H42N4/c1-3-4-7-16-40(2)53-39-54(61-59(60-53)44-19-10-6-11-20-44)43-27-33-47(34-28-43)62-56-24-15-13-22-50(56)52-37-45(30-36-57(52)62)46-29-35-51-49-21-12-14-23-55(49)63(58(51)38-46)48-31-25-42(26-32-48)41-17-8-5-9-18-41/h3-39H,1H2,2H3/b7-4-,40-16+. The van der Waals surface area contributed by atoms with Crippen LogP contribution in [0, 0.1) is 0 Å². The summed E-state index contributed by atoms with van der Waals surface area (Å²) in [5.74, 6) is 0.698. The Morgan fingerprint density at radius 3 is 1.60 bits per heavy atom. The molecule has 8 aromatic carbocycles. The van der Waals surface area contributed by atoms with Gasteiger partial charge in [0.15, 0.2) is 5.82 Å². The van der Waals surface area contributed by atoms with Crippen molar-refractivity contribution in [3.63, 3.8) is 0 Å². The Morgan fingerprint density at radius 2 is 0.921 bits per heavy atom. The van der Waals surface area contributed by atoms with Gasteiger partial charge in [-0.15, -0.1) is 0 Å². The van der Waals surface area contributed by atoms with E-state index >= 15 is 0 Å². The smallest absolute Gasteiger partial charge is 0.160 e. The van der Waals surface area contributed by atoms with Crippen LogP contribution in [0.3, 0.4) is 0 Å². The minimum atomic E-state index is 0.698. The van der Waals surface area contributed by atoms with Crippen molar-refractivity contribution in [3.05, 3.63) is 237 Å². The number of fused-ring (bicyclic) bond motifs is 6. The summed E-state index contributed by atoms with van der Waals surface area (Å²) in [6.45, 7) is 5.88. The van der Waals surface area contributed by atoms with Gasteiger partial charge in [-0.25, -0.2) is 9.97 Å². The summed E-state index contributed by atoms with van der Waals surface area (Å²) in [6, 6.07) is 71.8. The molecule has 0 spiro atoms. The summed E-state index contributed by atoms with van der Waals surface area (Å²) < 4.78 is 4.78. The van der Waals surface area contributed by atoms with E-state index < -0.39 is 0 Å². The van der Waals surface area contributed by atoms with Crippen molar-refractivity contribution in [2.45, 2.75) is 6.92 Å². The highest BCUT2D eigenvalue weighted by Gasteiger charge is 2.17. The SMILES string of the molecule is C=C/C=C\C=C(/C)c1cc(-c2ccc(-n3c4ccccc4c4cc(-c5ccc6c7ccccc7n(-c7ccc(-c8ccccc8)cc7)c6c5)ccc43)cc2)nc(-c2ccccc2)n1. The number of para-hydroxylation sites is 2. The number of nitrogens with zero attached hydrogens (tertiary/aromatic N) is 4. The third-order valence-electron chi connectivity index (χ3n) is 12.1. The summed E-state index contributed by atoms with van der Waals surface area (Å²) >= 11 is 0. The molecule has 0 unspecified atom stereocenters. The lowest BCUT2D eigenvalue weighted by Gasteiger charge is -2.12. The van der Waals surface area contributed by atoms with E-state index in [2.05, 4.69) is 211 Å². The van der Waals surface area contributed by atoms with E-state index in [1.54, 1.807) is 6.08 Å². The molecule has 0 radical (unpaired) electrons. The first-order chi connectivity index (χ1) is 31.1. The van der Waals surface area contributed by atoms with E-state index in [9.17, 15) is 0 Å². The number of allylic oxidation sites excluding steroid dienone is 5. The van der Waals surface area contributed by atoms with Crippen LogP contribution < -0.4 is 0 Å².